The zero-order chi connectivity index (χ0) is 37.1. The molecule has 0 aliphatic rings. The van der Waals surface area contributed by atoms with Crippen LogP contribution in [0.3, 0.4) is 0 Å². The number of hydrogen-bond donors (Lipinski definition) is 12. The zero-order valence-electron chi connectivity index (χ0n) is 25.3. The van der Waals surface area contributed by atoms with Gasteiger partial charge in [-0.15, -0.1) is 0 Å². The third kappa shape index (κ3) is 18.2. The van der Waals surface area contributed by atoms with E-state index >= 15 is 0 Å². The van der Waals surface area contributed by atoms with Crippen LogP contribution in [0.1, 0.15) is 51.4 Å². The molecule has 0 aromatic rings. The lowest BCUT2D eigenvalue weighted by Crippen LogP contribution is -2.57. The standard InChI is InChI=1S/C25H38N8O15/c26-10(1-4-15(27)34)21(43)33-14(8-20(41)42)22(44)29-9-17(36)30-13(7-16(28)35)24(46)31-11(2-5-18(37)38)23(45)32-12(25(47)48)3-6-19(39)40/h10-14H,1-9,26H2,(H2,27,34)(H2,28,35)(H,29,44)(H,30,36)(H,31,46)(H,32,45)(H,33,43)(H,37,38)(H,39,40)(H,41,42)(H,47,48)/t10-,11-,12-,13-,14-/m0/s1. The summed E-state index contributed by atoms with van der Waals surface area (Å²) >= 11 is 0. The molecule has 0 heterocycles. The molecule has 0 saturated carbocycles. The van der Waals surface area contributed by atoms with Gasteiger partial charge in [-0.2, -0.15) is 0 Å². The predicted octanol–water partition coefficient (Wildman–Crippen LogP) is -6.20. The molecule has 0 bridgehead atoms. The fourth-order valence-electron chi connectivity index (χ4n) is 3.64. The number of amides is 7. The number of nitrogens with two attached hydrogens (primary N) is 3. The largest absolute Gasteiger partial charge is 0.481 e. The number of primary amides is 2. The number of hydrogen-bond acceptors (Lipinski definition) is 12. The fourth-order valence-corrected chi connectivity index (χ4v) is 3.64. The highest BCUT2D eigenvalue weighted by molar-refractivity contribution is 5.97. The third-order valence-electron chi connectivity index (χ3n) is 6.07. The van der Waals surface area contributed by atoms with Crippen LogP contribution >= 0.6 is 0 Å². The van der Waals surface area contributed by atoms with Gasteiger partial charge < -0.3 is 64.2 Å². The Labute approximate surface area is 270 Å². The van der Waals surface area contributed by atoms with Gasteiger partial charge in [0, 0.05) is 19.3 Å². The molecule has 5 atom stereocenters. The minimum atomic E-state index is -1.84. The molecule has 0 aliphatic carbocycles. The summed E-state index contributed by atoms with van der Waals surface area (Å²) < 4.78 is 0. The molecule has 268 valence electrons. The monoisotopic (exact) mass is 690 g/mol. The van der Waals surface area contributed by atoms with Gasteiger partial charge in [-0.1, -0.05) is 0 Å². The molecule has 0 aliphatic heterocycles. The highest BCUT2D eigenvalue weighted by atomic mass is 16.4. The Hall–Kier alpha value is -5.87. The van der Waals surface area contributed by atoms with Gasteiger partial charge in [-0.3, -0.25) is 47.9 Å². The lowest BCUT2D eigenvalue weighted by Gasteiger charge is -2.24. The van der Waals surface area contributed by atoms with E-state index in [9.17, 15) is 57.8 Å². The Morgan fingerprint density at radius 3 is 1.46 bits per heavy atom. The highest BCUT2D eigenvalue weighted by Crippen LogP contribution is 2.05. The second-order valence-electron chi connectivity index (χ2n) is 10.1. The molecule has 0 saturated heterocycles. The van der Waals surface area contributed by atoms with Gasteiger partial charge in [0.1, 0.15) is 24.2 Å². The van der Waals surface area contributed by atoms with Crippen LogP contribution in [0.2, 0.25) is 0 Å². The summed E-state index contributed by atoms with van der Waals surface area (Å²) in [6.45, 7) is -0.964. The first-order valence-electron chi connectivity index (χ1n) is 13.9. The van der Waals surface area contributed by atoms with Gasteiger partial charge in [-0.25, -0.2) is 4.79 Å². The summed E-state index contributed by atoms with van der Waals surface area (Å²) in [7, 11) is 0. The Morgan fingerprint density at radius 2 is 0.979 bits per heavy atom. The molecule has 48 heavy (non-hydrogen) atoms. The molecule has 0 radical (unpaired) electrons. The smallest absolute Gasteiger partial charge is 0.326 e. The lowest BCUT2D eigenvalue weighted by atomic mass is 10.1. The van der Waals surface area contributed by atoms with Crippen molar-refractivity contribution in [3.8, 4) is 0 Å². The SMILES string of the molecule is NC(=O)CC[C@H](N)C(=O)N[C@@H](CC(=O)O)C(=O)NCC(=O)N[C@@H](CC(N)=O)C(=O)N[C@@H](CCC(=O)O)C(=O)N[C@@H](CCC(=O)O)C(=O)O. The van der Waals surface area contributed by atoms with Gasteiger partial charge in [-0.05, 0) is 19.3 Å². The number of carboxylic acid groups (broad SMARTS) is 4. The molecule has 0 rings (SSSR count). The highest BCUT2D eigenvalue weighted by Gasteiger charge is 2.32. The van der Waals surface area contributed by atoms with Crippen LogP contribution in [-0.4, -0.2) is 122 Å². The molecule has 7 amide bonds. The fraction of sp³-hybridized carbons (Fsp3) is 0.560. The number of rotatable bonds is 24. The van der Waals surface area contributed by atoms with Gasteiger partial charge in [0.15, 0.2) is 0 Å². The Bertz CT molecular complexity index is 1270. The van der Waals surface area contributed by atoms with Gasteiger partial charge >= 0.3 is 23.9 Å². The summed E-state index contributed by atoms with van der Waals surface area (Å²) in [6, 6.07) is -8.46. The molecule has 15 N–H and O–H groups in total. The maximum atomic E-state index is 13.0. The molecule has 23 nitrogen and oxygen atoms in total. The Kier molecular flexibility index (Phi) is 18.5. The first-order chi connectivity index (χ1) is 22.2. The van der Waals surface area contributed by atoms with E-state index in [1.807, 2.05) is 16.0 Å². The van der Waals surface area contributed by atoms with Crippen molar-refractivity contribution in [2.24, 2.45) is 17.2 Å². The number of aliphatic carboxylic acids is 4. The summed E-state index contributed by atoms with van der Waals surface area (Å²) in [5.74, 6) is -13.8. The summed E-state index contributed by atoms with van der Waals surface area (Å²) in [5.41, 5.74) is 15.7. The average molecular weight is 691 g/mol. The van der Waals surface area contributed by atoms with Gasteiger partial charge in [0.25, 0.3) is 0 Å². The van der Waals surface area contributed by atoms with E-state index in [2.05, 4.69) is 10.6 Å². The van der Waals surface area contributed by atoms with Crippen LogP contribution in [-0.2, 0) is 52.7 Å². The molecular weight excluding hydrogens is 652 g/mol. The second kappa shape index (κ2) is 21.0. The number of carboxylic acids is 4. The predicted molar refractivity (Wildman–Crippen MR) is 155 cm³/mol. The Balaban J connectivity index is 5.67. The molecular formula is C25H38N8O15. The first kappa shape index (κ1) is 42.1. The van der Waals surface area contributed by atoms with Crippen molar-refractivity contribution < 1.29 is 73.2 Å². The first-order valence-corrected chi connectivity index (χ1v) is 13.9. The average Bonchev–Trinajstić information content (AvgIpc) is 2.96. The van der Waals surface area contributed by atoms with Crippen molar-refractivity contribution in [1.82, 2.24) is 26.6 Å². The summed E-state index contributed by atoms with van der Waals surface area (Å²) in [4.78, 5) is 130. The van der Waals surface area contributed by atoms with E-state index < -0.39 is 141 Å². The van der Waals surface area contributed by atoms with Crippen LogP contribution in [0.5, 0.6) is 0 Å². The maximum Gasteiger partial charge on any atom is 0.326 e. The summed E-state index contributed by atoms with van der Waals surface area (Å²) in [6.07, 6.45) is -4.95. The molecule has 23 heteroatoms. The van der Waals surface area contributed by atoms with E-state index in [1.54, 1.807) is 0 Å². The van der Waals surface area contributed by atoms with Crippen molar-refractivity contribution >= 4 is 65.2 Å². The lowest BCUT2D eigenvalue weighted by molar-refractivity contribution is -0.144. The van der Waals surface area contributed by atoms with Crippen molar-refractivity contribution in [2.45, 2.75) is 81.6 Å². The van der Waals surface area contributed by atoms with E-state index in [1.165, 1.54) is 0 Å². The maximum absolute atomic E-state index is 13.0. The quantitative estimate of drug-likeness (QED) is 0.0448. The van der Waals surface area contributed by atoms with Crippen LogP contribution < -0.4 is 43.8 Å². The normalized spacial score (nSPS) is 13.6. The van der Waals surface area contributed by atoms with Crippen molar-refractivity contribution in [2.75, 3.05) is 6.54 Å². The zero-order valence-corrected chi connectivity index (χ0v) is 25.3. The molecule has 0 aromatic carbocycles. The van der Waals surface area contributed by atoms with Crippen LogP contribution in [0.4, 0.5) is 0 Å². The number of carbonyl (C=O) groups excluding carboxylic acids is 7. The van der Waals surface area contributed by atoms with Crippen LogP contribution in [0.15, 0.2) is 0 Å². The van der Waals surface area contributed by atoms with Crippen molar-refractivity contribution in [1.29, 1.82) is 0 Å². The van der Waals surface area contributed by atoms with Gasteiger partial charge in [0.05, 0.1) is 25.4 Å². The van der Waals surface area contributed by atoms with E-state index in [4.69, 9.17) is 32.5 Å². The minimum absolute atomic E-state index is 0.224. The van der Waals surface area contributed by atoms with Crippen LogP contribution in [0.25, 0.3) is 0 Å². The van der Waals surface area contributed by atoms with Crippen molar-refractivity contribution in [3.05, 3.63) is 0 Å². The Morgan fingerprint density at radius 1 is 0.500 bits per heavy atom. The number of carbonyl (C=O) groups is 11. The van der Waals surface area contributed by atoms with Crippen LogP contribution in [0, 0.1) is 0 Å². The third-order valence-corrected chi connectivity index (χ3v) is 6.07. The van der Waals surface area contributed by atoms with E-state index in [-0.39, 0.29) is 12.8 Å². The number of nitrogens with one attached hydrogen (secondary N) is 5. The van der Waals surface area contributed by atoms with Gasteiger partial charge in [0.2, 0.25) is 41.4 Å². The molecule has 0 spiro atoms. The second-order valence-corrected chi connectivity index (χ2v) is 10.1. The summed E-state index contributed by atoms with van der Waals surface area (Å²) in [5, 5.41) is 46.3. The van der Waals surface area contributed by atoms with E-state index in [0.717, 1.165) is 0 Å². The molecule has 0 unspecified atom stereocenters. The topological polar surface area (TPSA) is 407 Å². The van der Waals surface area contributed by atoms with Crippen molar-refractivity contribution in [3.63, 3.8) is 0 Å². The minimum Gasteiger partial charge on any atom is -0.481 e. The van der Waals surface area contributed by atoms with E-state index in [0.29, 0.717) is 0 Å². The molecule has 0 aromatic heterocycles. The molecule has 0 fully saturated rings.